The summed E-state index contributed by atoms with van der Waals surface area (Å²) in [5, 5.41) is 7.23. The van der Waals surface area contributed by atoms with E-state index in [1.165, 1.54) is 11.8 Å². The Hall–Kier alpha value is -3.52. The van der Waals surface area contributed by atoms with Crippen molar-refractivity contribution >= 4 is 23.5 Å². The SMILES string of the molecule is CCOc1ccccc1-n1c(-c2ccccc2)cnc1SCC(=O)Nc1cc(C)on1. The molecule has 31 heavy (non-hydrogen) atoms. The van der Waals surface area contributed by atoms with Crippen molar-refractivity contribution in [3.8, 4) is 22.7 Å². The van der Waals surface area contributed by atoms with E-state index in [1.807, 2.05) is 72.3 Å². The summed E-state index contributed by atoms with van der Waals surface area (Å²) in [7, 11) is 0. The zero-order valence-corrected chi connectivity index (χ0v) is 18.1. The largest absolute Gasteiger partial charge is 0.492 e. The quantitative estimate of drug-likeness (QED) is 0.395. The number of ether oxygens (including phenoxy) is 1. The summed E-state index contributed by atoms with van der Waals surface area (Å²) in [4.78, 5) is 17.0. The van der Waals surface area contributed by atoms with E-state index < -0.39 is 0 Å². The monoisotopic (exact) mass is 434 g/mol. The van der Waals surface area contributed by atoms with Gasteiger partial charge in [-0.15, -0.1) is 0 Å². The number of aryl methyl sites for hydroxylation is 1. The number of hydrogen-bond acceptors (Lipinski definition) is 6. The number of carbonyl (C=O) groups is 1. The molecule has 0 unspecified atom stereocenters. The average molecular weight is 435 g/mol. The van der Waals surface area contributed by atoms with Crippen LogP contribution in [0.2, 0.25) is 0 Å². The van der Waals surface area contributed by atoms with Gasteiger partial charge in [-0.1, -0.05) is 59.4 Å². The smallest absolute Gasteiger partial charge is 0.236 e. The molecular formula is C23H22N4O3S. The lowest BCUT2D eigenvalue weighted by Gasteiger charge is -2.16. The van der Waals surface area contributed by atoms with Gasteiger partial charge >= 0.3 is 0 Å². The Bertz CT molecular complexity index is 1170. The number of aromatic nitrogens is 3. The van der Waals surface area contributed by atoms with Gasteiger partial charge in [-0.05, 0) is 26.0 Å². The number of nitrogens with zero attached hydrogens (tertiary/aromatic N) is 3. The molecule has 1 N–H and O–H groups in total. The van der Waals surface area contributed by atoms with E-state index in [0.29, 0.717) is 23.3 Å². The first-order valence-corrected chi connectivity index (χ1v) is 10.9. The van der Waals surface area contributed by atoms with E-state index in [2.05, 4.69) is 15.5 Å². The minimum atomic E-state index is -0.188. The first-order chi connectivity index (χ1) is 15.2. The van der Waals surface area contributed by atoms with Gasteiger partial charge in [0.15, 0.2) is 11.0 Å². The Labute approximate surface area is 184 Å². The van der Waals surface area contributed by atoms with Crippen LogP contribution in [0.3, 0.4) is 0 Å². The molecule has 4 rings (SSSR count). The van der Waals surface area contributed by atoms with Crippen molar-refractivity contribution in [3.63, 3.8) is 0 Å². The van der Waals surface area contributed by atoms with Crippen molar-refractivity contribution < 1.29 is 14.1 Å². The highest BCUT2D eigenvalue weighted by Crippen LogP contribution is 2.34. The minimum absolute atomic E-state index is 0.175. The summed E-state index contributed by atoms with van der Waals surface area (Å²) in [6, 6.07) is 19.5. The van der Waals surface area contributed by atoms with Crippen molar-refractivity contribution in [3.05, 3.63) is 72.6 Å². The lowest BCUT2D eigenvalue weighted by Crippen LogP contribution is -2.14. The number of benzene rings is 2. The molecule has 0 saturated carbocycles. The van der Waals surface area contributed by atoms with E-state index >= 15 is 0 Å². The molecule has 0 atom stereocenters. The first kappa shape index (κ1) is 20.7. The third-order valence-electron chi connectivity index (χ3n) is 4.43. The van der Waals surface area contributed by atoms with Gasteiger partial charge < -0.3 is 14.6 Å². The fourth-order valence-corrected chi connectivity index (χ4v) is 3.92. The molecule has 0 bridgehead atoms. The van der Waals surface area contributed by atoms with Crippen LogP contribution in [0.5, 0.6) is 5.75 Å². The predicted molar refractivity (Wildman–Crippen MR) is 121 cm³/mol. The van der Waals surface area contributed by atoms with E-state index in [9.17, 15) is 4.79 Å². The summed E-state index contributed by atoms with van der Waals surface area (Å²) in [5.41, 5.74) is 2.81. The zero-order chi connectivity index (χ0) is 21.6. The molecule has 0 aliphatic heterocycles. The molecule has 158 valence electrons. The topological polar surface area (TPSA) is 82.2 Å². The average Bonchev–Trinajstić information content (AvgIpc) is 3.39. The highest BCUT2D eigenvalue weighted by molar-refractivity contribution is 7.99. The second-order valence-corrected chi connectivity index (χ2v) is 7.63. The molecule has 0 spiro atoms. The van der Waals surface area contributed by atoms with Crippen LogP contribution in [0.15, 0.2) is 76.5 Å². The molecule has 2 heterocycles. The highest BCUT2D eigenvalue weighted by Gasteiger charge is 2.18. The summed E-state index contributed by atoms with van der Waals surface area (Å²) >= 11 is 1.34. The van der Waals surface area contributed by atoms with Crippen molar-refractivity contribution in [2.75, 3.05) is 17.7 Å². The maximum Gasteiger partial charge on any atom is 0.236 e. The number of thioether (sulfide) groups is 1. The van der Waals surface area contributed by atoms with Gasteiger partial charge in [-0.2, -0.15) is 0 Å². The lowest BCUT2D eigenvalue weighted by atomic mass is 10.1. The third kappa shape index (κ3) is 4.80. The van der Waals surface area contributed by atoms with E-state index in [-0.39, 0.29) is 11.7 Å². The summed E-state index contributed by atoms with van der Waals surface area (Å²) < 4.78 is 12.9. The molecule has 2 aromatic heterocycles. The normalized spacial score (nSPS) is 10.8. The Balaban J connectivity index is 1.65. The second kappa shape index (κ2) is 9.53. The predicted octanol–water partition coefficient (Wildman–Crippen LogP) is 4.97. The maximum atomic E-state index is 12.4. The summed E-state index contributed by atoms with van der Waals surface area (Å²) in [5.74, 6) is 1.78. The number of rotatable bonds is 8. The number of anilines is 1. The lowest BCUT2D eigenvalue weighted by molar-refractivity contribution is -0.113. The second-order valence-electron chi connectivity index (χ2n) is 6.69. The van der Waals surface area contributed by atoms with Gasteiger partial charge in [0.2, 0.25) is 5.91 Å². The number of nitrogens with one attached hydrogen (secondary N) is 1. The van der Waals surface area contributed by atoms with Crippen LogP contribution in [-0.4, -0.2) is 33.0 Å². The van der Waals surface area contributed by atoms with Crippen LogP contribution < -0.4 is 10.1 Å². The summed E-state index contributed by atoms with van der Waals surface area (Å²) in [6.07, 6.45) is 1.82. The zero-order valence-electron chi connectivity index (χ0n) is 17.2. The fraction of sp³-hybridized carbons (Fsp3) is 0.174. The summed E-state index contributed by atoms with van der Waals surface area (Å²) in [6.45, 7) is 4.28. The van der Waals surface area contributed by atoms with Crippen molar-refractivity contribution in [1.29, 1.82) is 0 Å². The van der Waals surface area contributed by atoms with Gasteiger partial charge in [-0.25, -0.2) is 4.98 Å². The Morgan fingerprint density at radius 3 is 2.68 bits per heavy atom. The van der Waals surface area contributed by atoms with Gasteiger partial charge in [0.25, 0.3) is 0 Å². The molecule has 0 fully saturated rings. The molecule has 4 aromatic rings. The number of carbonyl (C=O) groups excluding carboxylic acids is 1. The van der Waals surface area contributed by atoms with Crippen LogP contribution in [0.4, 0.5) is 5.82 Å². The molecular weight excluding hydrogens is 412 g/mol. The van der Waals surface area contributed by atoms with Crippen LogP contribution in [0.1, 0.15) is 12.7 Å². The number of para-hydroxylation sites is 2. The molecule has 0 saturated heterocycles. The number of hydrogen-bond donors (Lipinski definition) is 1. The Morgan fingerprint density at radius 2 is 1.94 bits per heavy atom. The molecule has 1 amide bonds. The van der Waals surface area contributed by atoms with Gasteiger partial charge in [0, 0.05) is 11.6 Å². The standard InChI is InChI=1S/C23H22N4O3S/c1-3-29-20-12-8-7-11-18(20)27-19(17-9-5-4-6-10-17)14-24-23(27)31-15-22(28)25-21-13-16(2)30-26-21/h4-14H,3,15H2,1-2H3,(H,25,26,28). The molecule has 0 aliphatic rings. The van der Waals surface area contributed by atoms with Crippen LogP contribution in [-0.2, 0) is 4.79 Å². The van der Waals surface area contributed by atoms with Crippen LogP contribution in [0.25, 0.3) is 16.9 Å². The van der Waals surface area contributed by atoms with Crippen LogP contribution in [0, 0.1) is 6.92 Å². The van der Waals surface area contributed by atoms with Gasteiger partial charge in [0.05, 0.1) is 29.9 Å². The minimum Gasteiger partial charge on any atom is -0.492 e. The van der Waals surface area contributed by atoms with Gasteiger partial charge in [-0.3, -0.25) is 9.36 Å². The van der Waals surface area contributed by atoms with Crippen molar-refractivity contribution in [1.82, 2.24) is 14.7 Å². The molecule has 0 aliphatic carbocycles. The molecule has 2 aromatic carbocycles. The van der Waals surface area contributed by atoms with Gasteiger partial charge in [0.1, 0.15) is 11.5 Å². The third-order valence-corrected chi connectivity index (χ3v) is 5.39. The van der Waals surface area contributed by atoms with E-state index in [1.54, 1.807) is 13.0 Å². The highest BCUT2D eigenvalue weighted by atomic mass is 32.2. The molecule has 0 radical (unpaired) electrons. The Morgan fingerprint density at radius 1 is 1.16 bits per heavy atom. The van der Waals surface area contributed by atoms with Crippen molar-refractivity contribution in [2.24, 2.45) is 0 Å². The van der Waals surface area contributed by atoms with Crippen LogP contribution >= 0.6 is 11.8 Å². The molecule has 7 nitrogen and oxygen atoms in total. The fourth-order valence-electron chi connectivity index (χ4n) is 3.14. The molecule has 8 heteroatoms. The Kier molecular flexibility index (Phi) is 6.37. The number of amides is 1. The maximum absolute atomic E-state index is 12.4. The van der Waals surface area contributed by atoms with E-state index in [4.69, 9.17) is 9.26 Å². The first-order valence-electron chi connectivity index (χ1n) is 9.87. The number of imidazole rings is 1. The van der Waals surface area contributed by atoms with E-state index in [0.717, 1.165) is 22.7 Å². The van der Waals surface area contributed by atoms with Crippen molar-refractivity contribution in [2.45, 2.75) is 19.0 Å².